The topological polar surface area (TPSA) is 88.2 Å². The van der Waals surface area contributed by atoms with Crippen LogP contribution in [0, 0.1) is 6.92 Å². The molecule has 0 aliphatic rings. The third-order valence-corrected chi connectivity index (χ3v) is 3.94. The number of benzene rings is 1. The lowest BCUT2D eigenvalue weighted by molar-refractivity contribution is -0.138. The Hall–Kier alpha value is -1.44. The summed E-state index contributed by atoms with van der Waals surface area (Å²) in [4.78, 5) is 15.0. The number of anilines is 2. The van der Waals surface area contributed by atoms with Gasteiger partial charge in [-0.1, -0.05) is 6.07 Å². The molecule has 1 aromatic heterocycles. The SMILES string of the molecule is Cc1ccc(Br)c(Nc2nc(C(N)C(=O)O)cs2)c1. The van der Waals surface area contributed by atoms with E-state index >= 15 is 0 Å². The molecule has 1 heterocycles. The van der Waals surface area contributed by atoms with Crippen LogP contribution in [0.1, 0.15) is 17.3 Å². The lowest BCUT2D eigenvalue weighted by atomic mass is 10.2. The Morgan fingerprint density at radius 3 is 3.00 bits per heavy atom. The summed E-state index contributed by atoms with van der Waals surface area (Å²) < 4.78 is 0.914. The number of thiazole rings is 1. The molecule has 0 bridgehead atoms. The van der Waals surface area contributed by atoms with Crippen LogP contribution in [0.25, 0.3) is 0 Å². The minimum Gasteiger partial charge on any atom is -0.480 e. The van der Waals surface area contributed by atoms with E-state index in [0.717, 1.165) is 15.7 Å². The zero-order valence-corrected chi connectivity index (χ0v) is 12.5. The molecule has 2 aromatic rings. The average molecular weight is 342 g/mol. The second-order valence-corrected chi connectivity index (χ2v) is 5.71. The van der Waals surface area contributed by atoms with Crippen molar-refractivity contribution in [3.63, 3.8) is 0 Å². The maximum absolute atomic E-state index is 10.8. The van der Waals surface area contributed by atoms with Crippen molar-refractivity contribution in [1.82, 2.24) is 4.98 Å². The van der Waals surface area contributed by atoms with Gasteiger partial charge in [0.1, 0.15) is 6.04 Å². The van der Waals surface area contributed by atoms with Crippen LogP contribution in [0.15, 0.2) is 28.1 Å². The summed E-state index contributed by atoms with van der Waals surface area (Å²) in [6, 6.07) is 4.81. The van der Waals surface area contributed by atoms with Gasteiger partial charge in [0, 0.05) is 9.85 Å². The highest BCUT2D eigenvalue weighted by Gasteiger charge is 2.17. The quantitative estimate of drug-likeness (QED) is 0.795. The first-order valence-corrected chi connectivity index (χ1v) is 7.11. The van der Waals surface area contributed by atoms with Gasteiger partial charge in [0.15, 0.2) is 5.13 Å². The summed E-state index contributed by atoms with van der Waals surface area (Å²) in [5.74, 6) is -1.09. The van der Waals surface area contributed by atoms with E-state index in [9.17, 15) is 4.79 Å². The van der Waals surface area contributed by atoms with Crippen molar-refractivity contribution < 1.29 is 9.90 Å². The average Bonchev–Trinajstić information content (AvgIpc) is 2.81. The number of aromatic nitrogens is 1. The summed E-state index contributed by atoms with van der Waals surface area (Å²) in [6.07, 6.45) is 0. The Bertz CT molecular complexity index is 615. The molecule has 0 aliphatic heterocycles. The van der Waals surface area contributed by atoms with E-state index in [1.165, 1.54) is 11.3 Å². The van der Waals surface area contributed by atoms with Crippen LogP contribution in [-0.4, -0.2) is 16.1 Å². The highest BCUT2D eigenvalue weighted by molar-refractivity contribution is 9.10. The van der Waals surface area contributed by atoms with Gasteiger partial charge in [-0.3, -0.25) is 4.79 Å². The number of hydrogen-bond acceptors (Lipinski definition) is 5. The summed E-state index contributed by atoms with van der Waals surface area (Å²) in [7, 11) is 0. The van der Waals surface area contributed by atoms with Crippen molar-refractivity contribution in [3.8, 4) is 0 Å². The van der Waals surface area contributed by atoms with E-state index in [2.05, 4.69) is 26.2 Å². The molecule has 5 nitrogen and oxygen atoms in total. The maximum Gasteiger partial charge on any atom is 0.326 e. The lowest BCUT2D eigenvalue weighted by Gasteiger charge is -2.06. The number of carbonyl (C=O) groups is 1. The molecule has 1 aromatic carbocycles. The molecule has 0 spiro atoms. The minimum absolute atomic E-state index is 0.351. The molecule has 0 saturated heterocycles. The highest BCUT2D eigenvalue weighted by Crippen LogP contribution is 2.29. The van der Waals surface area contributed by atoms with Crippen molar-refractivity contribution in [2.75, 3.05) is 5.32 Å². The van der Waals surface area contributed by atoms with Gasteiger partial charge >= 0.3 is 5.97 Å². The van der Waals surface area contributed by atoms with E-state index < -0.39 is 12.0 Å². The van der Waals surface area contributed by atoms with E-state index in [1.54, 1.807) is 5.38 Å². The number of rotatable bonds is 4. The Balaban J connectivity index is 2.20. The van der Waals surface area contributed by atoms with Crippen LogP contribution >= 0.6 is 27.3 Å². The molecule has 0 amide bonds. The fourth-order valence-electron chi connectivity index (χ4n) is 1.46. The fourth-order valence-corrected chi connectivity index (χ4v) is 2.57. The van der Waals surface area contributed by atoms with Crippen molar-refractivity contribution >= 4 is 44.1 Å². The van der Waals surface area contributed by atoms with Crippen LogP contribution < -0.4 is 11.1 Å². The second-order valence-electron chi connectivity index (χ2n) is 4.00. The Morgan fingerprint density at radius 1 is 1.58 bits per heavy atom. The van der Waals surface area contributed by atoms with Gasteiger partial charge in [0.25, 0.3) is 0 Å². The molecule has 0 aliphatic carbocycles. The smallest absolute Gasteiger partial charge is 0.326 e. The number of nitrogens with two attached hydrogens (primary N) is 1. The molecular weight excluding hydrogens is 330 g/mol. The van der Waals surface area contributed by atoms with Gasteiger partial charge in [-0.25, -0.2) is 4.98 Å². The fraction of sp³-hybridized carbons (Fsp3) is 0.167. The van der Waals surface area contributed by atoms with Crippen LogP contribution in [0.3, 0.4) is 0 Å². The van der Waals surface area contributed by atoms with Crippen LogP contribution in [0.5, 0.6) is 0 Å². The van der Waals surface area contributed by atoms with E-state index in [4.69, 9.17) is 10.8 Å². The first kappa shape index (κ1) is 14.0. The molecule has 19 heavy (non-hydrogen) atoms. The van der Waals surface area contributed by atoms with Gasteiger partial charge < -0.3 is 16.2 Å². The molecule has 0 fully saturated rings. The van der Waals surface area contributed by atoms with Gasteiger partial charge in [-0.2, -0.15) is 0 Å². The summed E-state index contributed by atoms with van der Waals surface area (Å²) in [6.45, 7) is 1.99. The minimum atomic E-state index is -1.09. The summed E-state index contributed by atoms with van der Waals surface area (Å²) >= 11 is 4.76. The van der Waals surface area contributed by atoms with Gasteiger partial charge in [-0.15, -0.1) is 11.3 Å². The molecular formula is C12H12BrN3O2S. The van der Waals surface area contributed by atoms with E-state index in [1.807, 2.05) is 25.1 Å². The highest BCUT2D eigenvalue weighted by atomic mass is 79.9. The van der Waals surface area contributed by atoms with E-state index in [0.29, 0.717) is 10.8 Å². The van der Waals surface area contributed by atoms with Crippen LogP contribution in [0.4, 0.5) is 10.8 Å². The zero-order chi connectivity index (χ0) is 14.0. The number of nitrogens with zero attached hydrogens (tertiary/aromatic N) is 1. The number of halogens is 1. The molecule has 0 saturated carbocycles. The standard InChI is InChI=1S/C12H12BrN3O2S/c1-6-2-3-7(13)8(4-6)15-12-16-9(5-19-12)10(14)11(17)18/h2-5,10H,14H2,1H3,(H,15,16)(H,17,18). The number of aliphatic carboxylic acids is 1. The lowest BCUT2D eigenvalue weighted by Crippen LogP contribution is -2.20. The molecule has 100 valence electrons. The molecule has 0 radical (unpaired) electrons. The third kappa shape index (κ3) is 3.31. The van der Waals surface area contributed by atoms with Crippen LogP contribution in [0.2, 0.25) is 0 Å². The Labute approximate surface area is 122 Å². The maximum atomic E-state index is 10.8. The normalized spacial score (nSPS) is 12.2. The van der Waals surface area contributed by atoms with Gasteiger partial charge in [-0.05, 0) is 40.5 Å². The summed E-state index contributed by atoms with van der Waals surface area (Å²) in [5, 5.41) is 14.2. The van der Waals surface area contributed by atoms with Crippen LogP contribution in [-0.2, 0) is 4.79 Å². The van der Waals surface area contributed by atoms with Crippen molar-refractivity contribution in [2.45, 2.75) is 13.0 Å². The molecule has 1 atom stereocenters. The Morgan fingerprint density at radius 2 is 2.32 bits per heavy atom. The first-order chi connectivity index (χ1) is 8.97. The van der Waals surface area contributed by atoms with Gasteiger partial charge in [0.05, 0.1) is 11.4 Å². The van der Waals surface area contributed by atoms with E-state index in [-0.39, 0.29) is 0 Å². The molecule has 7 heteroatoms. The number of carboxylic acid groups (broad SMARTS) is 1. The number of nitrogens with one attached hydrogen (secondary N) is 1. The molecule has 2 rings (SSSR count). The van der Waals surface area contributed by atoms with Crippen molar-refractivity contribution in [3.05, 3.63) is 39.3 Å². The van der Waals surface area contributed by atoms with Gasteiger partial charge in [0.2, 0.25) is 0 Å². The number of hydrogen-bond donors (Lipinski definition) is 3. The zero-order valence-electron chi connectivity index (χ0n) is 10.1. The first-order valence-electron chi connectivity index (χ1n) is 5.44. The summed E-state index contributed by atoms with van der Waals surface area (Å²) in [5.41, 5.74) is 7.85. The third-order valence-electron chi connectivity index (χ3n) is 2.47. The number of aryl methyl sites for hydroxylation is 1. The monoisotopic (exact) mass is 341 g/mol. The molecule has 4 N–H and O–H groups in total. The second kappa shape index (κ2) is 5.68. The largest absolute Gasteiger partial charge is 0.480 e. The predicted molar refractivity (Wildman–Crippen MR) is 78.8 cm³/mol. The molecule has 1 unspecified atom stereocenters. The predicted octanol–water partition coefficient (Wildman–Crippen LogP) is 3.04. The number of carboxylic acids is 1. The van der Waals surface area contributed by atoms with Crippen molar-refractivity contribution in [1.29, 1.82) is 0 Å². The van der Waals surface area contributed by atoms with Crippen molar-refractivity contribution in [2.24, 2.45) is 5.73 Å². The Kier molecular flexibility index (Phi) is 4.18.